The minimum atomic E-state index is -3.80. The van der Waals surface area contributed by atoms with Crippen molar-refractivity contribution in [3.8, 4) is 5.75 Å². The van der Waals surface area contributed by atoms with Crippen LogP contribution in [-0.2, 0) is 14.8 Å². The van der Waals surface area contributed by atoms with Crippen LogP contribution >= 0.6 is 11.6 Å². The van der Waals surface area contributed by atoms with Gasteiger partial charge in [0.25, 0.3) is 5.91 Å². The molecule has 0 radical (unpaired) electrons. The monoisotopic (exact) mass is 479 g/mol. The van der Waals surface area contributed by atoms with E-state index in [0.29, 0.717) is 50.0 Å². The fourth-order valence-corrected chi connectivity index (χ4v) is 5.73. The molecule has 0 spiro atoms. The van der Waals surface area contributed by atoms with Gasteiger partial charge in [-0.15, -0.1) is 0 Å². The topological polar surface area (TPSA) is 79.4 Å². The first kappa shape index (κ1) is 22.8. The third kappa shape index (κ3) is 4.71. The number of carbonyl (C=O) groups is 1. The van der Waals surface area contributed by atoms with Gasteiger partial charge in [-0.2, -0.15) is 4.31 Å². The van der Waals surface area contributed by atoms with Crippen molar-refractivity contribution in [2.45, 2.75) is 4.90 Å². The van der Waals surface area contributed by atoms with Crippen LogP contribution in [0.1, 0.15) is 10.4 Å². The molecule has 0 aliphatic carbocycles. The molecule has 2 fully saturated rings. The molecule has 32 heavy (non-hydrogen) atoms. The Morgan fingerprint density at radius 2 is 1.72 bits per heavy atom. The van der Waals surface area contributed by atoms with E-state index in [1.54, 1.807) is 17.0 Å². The number of hydrogen-bond acceptors (Lipinski definition) is 6. The summed E-state index contributed by atoms with van der Waals surface area (Å²) in [5, 5.41) is 0.674. The number of nitrogens with zero attached hydrogens (tertiary/aromatic N) is 3. The second kappa shape index (κ2) is 9.66. The number of carbonyl (C=O) groups excluding carboxylic acids is 1. The smallest absolute Gasteiger partial charge is 0.254 e. The molecule has 0 aromatic heterocycles. The number of amides is 1. The largest absolute Gasteiger partial charge is 0.495 e. The van der Waals surface area contributed by atoms with E-state index >= 15 is 0 Å². The lowest BCUT2D eigenvalue weighted by Crippen LogP contribution is -2.48. The molecule has 2 aromatic rings. The summed E-state index contributed by atoms with van der Waals surface area (Å²) in [6.45, 7) is 3.63. The number of rotatable bonds is 5. The maximum atomic E-state index is 13.2. The SMILES string of the molecule is COc1ccc(C(=O)N2CCN(c3cccc(Cl)c3)CC2)cc1S(=O)(=O)N1CCOCC1. The van der Waals surface area contributed by atoms with Crippen molar-refractivity contribution < 1.29 is 22.7 Å². The summed E-state index contributed by atoms with van der Waals surface area (Å²) >= 11 is 6.09. The summed E-state index contributed by atoms with van der Waals surface area (Å²) < 4.78 is 38.3. The lowest BCUT2D eigenvalue weighted by molar-refractivity contribution is 0.0728. The van der Waals surface area contributed by atoms with Gasteiger partial charge in [0.1, 0.15) is 10.6 Å². The minimum Gasteiger partial charge on any atom is -0.495 e. The third-order valence-corrected chi connectivity index (χ3v) is 7.89. The van der Waals surface area contributed by atoms with Gasteiger partial charge in [0.05, 0.1) is 20.3 Å². The first-order chi connectivity index (χ1) is 15.4. The van der Waals surface area contributed by atoms with E-state index in [4.69, 9.17) is 21.1 Å². The van der Waals surface area contributed by atoms with Crippen LogP contribution in [0.5, 0.6) is 5.75 Å². The maximum Gasteiger partial charge on any atom is 0.254 e. The summed E-state index contributed by atoms with van der Waals surface area (Å²) in [5.74, 6) is 0.0237. The Hall–Kier alpha value is -2.33. The fraction of sp³-hybridized carbons (Fsp3) is 0.409. The molecule has 0 saturated carbocycles. The Morgan fingerprint density at radius 1 is 1.00 bits per heavy atom. The van der Waals surface area contributed by atoms with Crippen LogP contribution in [0.3, 0.4) is 0 Å². The Morgan fingerprint density at radius 3 is 2.38 bits per heavy atom. The highest BCUT2D eigenvalue weighted by Crippen LogP contribution is 2.29. The summed E-state index contributed by atoms with van der Waals surface area (Å²) in [4.78, 5) is 17.1. The maximum absolute atomic E-state index is 13.2. The van der Waals surface area contributed by atoms with Gasteiger partial charge in [0.15, 0.2) is 0 Å². The van der Waals surface area contributed by atoms with E-state index in [1.165, 1.54) is 17.5 Å². The number of piperazine rings is 1. The molecule has 0 N–H and O–H groups in total. The third-order valence-electron chi connectivity index (χ3n) is 5.74. The molecule has 172 valence electrons. The van der Waals surface area contributed by atoms with Gasteiger partial charge in [-0.1, -0.05) is 17.7 Å². The van der Waals surface area contributed by atoms with Crippen molar-refractivity contribution in [3.05, 3.63) is 53.1 Å². The van der Waals surface area contributed by atoms with Gasteiger partial charge in [0.2, 0.25) is 10.0 Å². The molecule has 0 bridgehead atoms. The lowest BCUT2D eigenvalue weighted by Gasteiger charge is -2.36. The van der Waals surface area contributed by atoms with E-state index < -0.39 is 10.0 Å². The van der Waals surface area contributed by atoms with Crippen molar-refractivity contribution in [2.75, 3.05) is 64.5 Å². The second-order valence-electron chi connectivity index (χ2n) is 7.64. The van der Waals surface area contributed by atoms with Crippen LogP contribution in [0.4, 0.5) is 5.69 Å². The first-order valence-corrected chi connectivity index (χ1v) is 12.3. The van der Waals surface area contributed by atoms with Crippen LogP contribution in [0.2, 0.25) is 5.02 Å². The Bertz CT molecular complexity index is 1080. The molecule has 1 amide bonds. The lowest BCUT2D eigenvalue weighted by atomic mass is 10.1. The molecule has 2 aliphatic rings. The molecule has 2 saturated heterocycles. The molecule has 8 nitrogen and oxygen atoms in total. The molecule has 2 aromatic carbocycles. The van der Waals surface area contributed by atoms with Gasteiger partial charge in [0, 0.05) is 55.5 Å². The molecular weight excluding hydrogens is 454 g/mol. The zero-order valence-electron chi connectivity index (χ0n) is 17.9. The van der Waals surface area contributed by atoms with Crippen LogP contribution in [-0.4, -0.2) is 83.1 Å². The van der Waals surface area contributed by atoms with Gasteiger partial charge < -0.3 is 19.3 Å². The average molecular weight is 480 g/mol. The molecule has 0 unspecified atom stereocenters. The molecule has 10 heteroatoms. The van der Waals surface area contributed by atoms with E-state index in [2.05, 4.69) is 4.90 Å². The predicted molar refractivity (Wildman–Crippen MR) is 122 cm³/mol. The number of halogens is 1. The normalized spacial score (nSPS) is 17.9. The van der Waals surface area contributed by atoms with Gasteiger partial charge in [-0.25, -0.2) is 8.42 Å². The number of sulfonamides is 1. The molecule has 0 atom stereocenters. The van der Waals surface area contributed by atoms with E-state index in [1.807, 2.05) is 24.3 Å². The number of anilines is 1. The van der Waals surface area contributed by atoms with E-state index in [-0.39, 0.29) is 29.6 Å². The number of methoxy groups -OCH3 is 1. The van der Waals surface area contributed by atoms with Crippen LogP contribution in [0, 0.1) is 0 Å². The minimum absolute atomic E-state index is 0.00492. The number of hydrogen-bond donors (Lipinski definition) is 0. The fourth-order valence-electron chi connectivity index (χ4n) is 3.96. The van der Waals surface area contributed by atoms with Crippen LogP contribution in [0.15, 0.2) is 47.4 Å². The summed E-state index contributed by atoms with van der Waals surface area (Å²) in [6.07, 6.45) is 0. The number of morpholine rings is 1. The highest BCUT2D eigenvalue weighted by atomic mass is 35.5. The molecule has 2 heterocycles. The van der Waals surface area contributed by atoms with Crippen molar-refractivity contribution in [1.82, 2.24) is 9.21 Å². The molecule has 2 aliphatic heterocycles. The first-order valence-electron chi connectivity index (χ1n) is 10.5. The van der Waals surface area contributed by atoms with Crippen LogP contribution < -0.4 is 9.64 Å². The number of ether oxygens (including phenoxy) is 2. The Labute approximate surface area is 193 Å². The summed E-state index contributed by atoms with van der Waals surface area (Å²) in [7, 11) is -2.38. The average Bonchev–Trinajstić information content (AvgIpc) is 2.84. The molecular formula is C22H26ClN3O5S. The highest BCUT2D eigenvalue weighted by Gasteiger charge is 2.31. The van der Waals surface area contributed by atoms with Crippen LogP contribution in [0.25, 0.3) is 0 Å². The standard InChI is InChI=1S/C22H26ClN3O5S/c1-30-20-6-5-17(15-21(20)32(28,29)26-11-13-31-14-12-26)22(27)25-9-7-24(8-10-25)19-4-2-3-18(23)16-19/h2-6,15-16H,7-14H2,1H3. The van der Waals surface area contributed by atoms with Gasteiger partial charge >= 0.3 is 0 Å². The highest BCUT2D eigenvalue weighted by molar-refractivity contribution is 7.89. The van der Waals surface area contributed by atoms with Crippen molar-refractivity contribution >= 4 is 33.2 Å². The second-order valence-corrected chi connectivity index (χ2v) is 9.98. The van der Waals surface area contributed by atoms with Crippen molar-refractivity contribution in [2.24, 2.45) is 0 Å². The summed E-state index contributed by atoms with van der Waals surface area (Å²) in [6, 6.07) is 12.2. The van der Waals surface area contributed by atoms with Crippen molar-refractivity contribution in [1.29, 1.82) is 0 Å². The Kier molecular flexibility index (Phi) is 6.90. The number of benzene rings is 2. The predicted octanol–water partition coefficient (Wildman–Crippen LogP) is 2.33. The van der Waals surface area contributed by atoms with Gasteiger partial charge in [-0.3, -0.25) is 4.79 Å². The zero-order valence-corrected chi connectivity index (χ0v) is 19.4. The Balaban J connectivity index is 1.51. The zero-order chi connectivity index (χ0) is 22.7. The van der Waals surface area contributed by atoms with Gasteiger partial charge in [-0.05, 0) is 36.4 Å². The summed E-state index contributed by atoms with van der Waals surface area (Å²) in [5.41, 5.74) is 1.35. The van der Waals surface area contributed by atoms with E-state index in [0.717, 1.165) is 5.69 Å². The van der Waals surface area contributed by atoms with E-state index in [9.17, 15) is 13.2 Å². The molecule has 4 rings (SSSR count). The quantitative estimate of drug-likeness (QED) is 0.655. The van der Waals surface area contributed by atoms with Crippen molar-refractivity contribution in [3.63, 3.8) is 0 Å².